The first-order valence-electron chi connectivity index (χ1n) is 8.12. The maximum absolute atomic E-state index is 5.83. The Balaban J connectivity index is 1.61. The largest absolute Gasteiger partial charge is 0.494 e. The molecule has 0 bridgehead atoms. The lowest BCUT2D eigenvalue weighted by Gasteiger charge is -2.07. The van der Waals surface area contributed by atoms with Crippen LogP contribution in [0, 0.1) is 0 Å². The van der Waals surface area contributed by atoms with Gasteiger partial charge in [-0.1, -0.05) is 50.8 Å². The lowest BCUT2D eigenvalue weighted by molar-refractivity contribution is 0.305. The van der Waals surface area contributed by atoms with E-state index in [1.807, 2.05) is 12.1 Å². The van der Waals surface area contributed by atoms with Crippen molar-refractivity contribution in [2.45, 2.75) is 25.7 Å². The fourth-order valence-corrected chi connectivity index (χ4v) is 4.31. The summed E-state index contributed by atoms with van der Waals surface area (Å²) in [5, 5.41) is 2.29. The maximum atomic E-state index is 5.83. The van der Waals surface area contributed by atoms with E-state index in [0.717, 1.165) is 39.8 Å². The third kappa shape index (κ3) is 4.58. The molecule has 0 aliphatic heterocycles. The number of alkyl halides is 1. The Morgan fingerprint density at radius 1 is 0.958 bits per heavy atom. The SMILES string of the molecule is BrCCCCCCOc1ccc(-c2nsc3cc(Br)ccc23)cc1. The van der Waals surface area contributed by atoms with Gasteiger partial charge in [0, 0.05) is 20.8 Å². The summed E-state index contributed by atoms with van der Waals surface area (Å²) in [6.45, 7) is 0.787. The van der Waals surface area contributed by atoms with Crippen LogP contribution < -0.4 is 4.74 Å². The maximum Gasteiger partial charge on any atom is 0.119 e. The van der Waals surface area contributed by atoms with Crippen molar-refractivity contribution >= 4 is 53.5 Å². The number of hydrogen-bond acceptors (Lipinski definition) is 3. The molecule has 0 aliphatic rings. The number of fused-ring (bicyclic) bond motifs is 1. The molecule has 3 rings (SSSR count). The number of benzene rings is 2. The summed E-state index contributed by atoms with van der Waals surface area (Å²) in [5.41, 5.74) is 2.18. The number of ether oxygens (including phenoxy) is 1. The molecule has 0 radical (unpaired) electrons. The van der Waals surface area contributed by atoms with Crippen molar-refractivity contribution < 1.29 is 4.74 Å². The number of halogens is 2. The van der Waals surface area contributed by atoms with E-state index in [9.17, 15) is 0 Å². The number of hydrogen-bond donors (Lipinski definition) is 0. The van der Waals surface area contributed by atoms with E-state index in [2.05, 4.69) is 66.6 Å². The Hall–Kier alpha value is -0.910. The predicted molar refractivity (Wildman–Crippen MR) is 111 cm³/mol. The first-order valence-corrected chi connectivity index (χ1v) is 10.8. The van der Waals surface area contributed by atoms with Gasteiger partial charge in [0.05, 0.1) is 17.0 Å². The molecule has 0 amide bonds. The van der Waals surface area contributed by atoms with Gasteiger partial charge in [0.1, 0.15) is 5.75 Å². The molecule has 2 aromatic carbocycles. The fourth-order valence-electron chi connectivity index (χ4n) is 2.57. The summed E-state index contributed by atoms with van der Waals surface area (Å²) in [6.07, 6.45) is 4.85. The lowest BCUT2D eigenvalue weighted by Crippen LogP contribution is -1.97. The molecular formula is C19H19Br2NOS. The molecule has 0 aliphatic carbocycles. The van der Waals surface area contributed by atoms with Crippen LogP contribution in [0.25, 0.3) is 21.3 Å². The number of rotatable bonds is 8. The highest BCUT2D eigenvalue weighted by Crippen LogP contribution is 2.33. The minimum atomic E-state index is 0.787. The molecular weight excluding hydrogens is 450 g/mol. The zero-order valence-corrected chi connectivity index (χ0v) is 17.3. The molecule has 0 unspecified atom stereocenters. The molecule has 0 N–H and O–H groups in total. The Bertz CT molecular complexity index is 786. The van der Waals surface area contributed by atoms with Crippen molar-refractivity contribution in [1.29, 1.82) is 0 Å². The van der Waals surface area contributed by atoms with Gasteiger partial charge in [0.2, 0.25) is 0 Å². The average Bonchev–Trinajstić information content (AvgIpc) is 3.01. The lowest BCUT2D eigenvalue weighted by atomic mass is 10.1. The Morgan fingerprint density at radius 3 is 2.54 bits per heavy atom. The molecule has 0 saturated carbocycles. The Morgan fingerprint density at radius 2 is 1.75 bits per heavy atom. The van der Waals surface area contributed by atoms with Gasteiger partial charge in [0.15, 0.2) is 0 Å². The van der Waals surface area contributed by atoms with E-state index in [1.165, 1.54) is 40.9 Å². The molecule has 0 atom stereocenters. The normalized spacial score (nSPS) is 11.1. The van der Waals surface area contributed by atoms with Crippen LogP contribution in [-0.2, 0) is 0 Å². The number of nitrogens with zero attached hydrogens (tertiary/aromatic N) is 1. The van der Waals surface area contributed by atoms with Crippen LogP contribution in [0.3, 0.4) is 0 Å². The minimum Gasteiger partial charge on any atom is -0.494 e. The van der Waals surface area contributed by atoms with E-state index in [4.69, 9.17) is 4.74 Å². The highest BCUT2D eigenvalue weighted by Gasteiger charge is 2.09. The van der Waals surface area contributed by atoms with Gasteiger partial charge in [0.25, 0.3) is 0 Å². The smallest absolute Gasteiger partial charge is 0.119 e. The molecule has 2 nitrogen and oxygen atoms in total. The zero-order valence-electron chi connectivity index (χ0n) is 13.3. The molecule has 126 valence electrons. The van der Waals surface area contributed by atoms with Crippen molar-refractivity contribution in [1.82, 2.24) is 4.37 Å². The third-order valence-electron chi connectivity index (χ3n) is 3.86. The van der Waals surface area contributed by atoms with Crippen molar-refractivity contribution in [3.63, 3.8) is 0 Å². The molecule has 0 spiro atoms. The molecule has 24 heavy (non-hydrogen) atoms. The van der Waals surface area contributed by atoms with Gasteiger partial charge < -0.3 is 4.74 Å². The van der Waals surface area contributed by atoms with E-state index in [-0.39, 0.29) is 0 Å². The summed E-state index contributed by atoms with van der Waals surface area (Å²) in [5.74, 6) is 0.932. The molecule has 1 heterocycles. The van der Waals surface area contributed by atoms with Crippen LogP contribution in [0.1, 0.15) is 25.7 Å². The van der Waals surface area contributed by atoms with Gasteiger partial charge >= 0.3 is 0 Å². The summed E-state index contributed by atoms with van der Waals surface area (Å²) < 4.78 is 12.7. The molecule has 5 heteroatoms. The first-order chi connectivity index (χ1) is 11.8. The van der Waals surface area contributed by atoms with Gasteiger partial charge in [-0.05, 0) is 60.8 Å². The van der Waals surface area contributed by atoms with Gasteiger partial charge in [-0.3, -0.25) is 0 Å². The zero-order chi connectivity index (χ0) is 16.8. The first kappa shape index (κ1) is 17.9. The Kier molecular flexibility index (Phi) is 6.69. The molecule has 0 fully saturated rings. The quantitative estimate of drug-likeness (QED) is 0.260. The fraction of sp³-hybridized carbons (Fsp3) is 0.316. The summed E-state index contributed by atoms with van der Waals surface area (Å²) in [6, 6.07) is 14.6. The van der Waals surface area contributed by atoms with Crippen molar-refractivity contribution in [2.75, 3.05) is 11.9 Å². The van der Waals surface area contributed by atoms with E-state index in [0.29, 0.717) is 0 Å². The highest BCUT2D eigenvalue weighted by atomic mass is 79.9. The van der Waals surface area contributed by atoms with Gasteiger partial charge in [-0.25, -0.2) is 0 Å². The standard InChI is InChI=1S/C19H19Br2NOS/c20-11-3-1-2-4-12-23-16-8-5-14(6-9-16)19-17-10-7-15(21)13-18(17)24-22-19/h5-10,13H,1-4,11-12H2. The number of unbranched alkanes of at least 4 members (excludes halogenated alkanes) is 3. The van der Waals surface area contributed by atoms with E-state index in [1.54, 1.807) is 0 Å². The van der Waals surface area contributed by atoms with Crippen LogP contribution in [-0.4, -0.2) is 16.3 Å². The minimum absolute atomic E-state index is 0.787. The summed E-state index contributed by atoms with van der Waals surface area (Å²) in [4.78, 5) is 0. The average molecular weight is 469 g/mol. The number of aromatic nitrogens is 1. The van der Waals surface area contributed by atoms with Crippen LogP contribution in [0.5, 0.6) is 5.75 Å². The van der Waals surface area contributed by atoms with Crippen molar-refractivity contribution in [3.05, 3.63) is 46.9 Å². The van der Waals surface area contributed by atoms with Crippen LogP contribution >= 0.6 is 43.4 Å². The monoisotopic (exact) mass is 467 g/mol. The van der Waals surface area contributed by atoms with E-state index < -0.39 is 0 Å². The van der Waals surface area contributed by atoms with Crippen molar-refractivity contribution in [3.8, 4) is 17.0 Å². The van der Waals surface area contributed by atoms with Gasteiger partial charge in [-0.2, -0.15) is 4.37 Å². The summed E-state index contributed by atoms with van der Waals surface area (Å²) in [7, 11) is 0. The van der Waals surface area contributed by atoms with E-state index >= 15 is 0 Å². The molecule has 3 aromatic rings. The van der Waals surface area contributed by atoms with Crippen LogP contribution in [0.15, 0.2) is 46.9 Å². The van der Waals surface area contributed by atoms with Crippen LogP contribution in [0.4, 0.5) is 0 Å². The second-order valence-corrected chi connectivity index (χ2v) is 8.16. The molecule has 0 saturated heterocycles. The second kappa shape index (κ2) is 8.97. The van der Waals surface area contributed by atoms with Gasteiger partial charge in [-0.15, -0.1) is 0 Å². The Labute approximate surface area is 163 Å². The third-order valence-corrected chi connectivity index (χ3v) is 5.72. The summed E-state index contributed by atoms with van der Waals surface area (Å²) >= 11 is 8.51. The predicted octanol–water partition coefficient (Wildman–Crippen LogP) is 7.06. The van der Waals surface area contributed by atoms with Crippen LogP contribution in [0.2, 0.25) is 0 Å². The second-order valence-electron chi connectivity index (χ2n) is 5.65. The highest BCUT2D eigenvalue weighted by molar-refractivity contribution is 9.10. The molecule has 1 aromatic heterocycles. The topological polar surface area (TPSA) is 22.1 Å². The van der Waals surface area contributed by atoms with Crippen molar-refractivity contribution in [2.24, 2.45) is 0 Å².